The van der Waals surface area contributed by atoms with E-state index < -0.39 is 5.97 Å². The summed E-state index contributed by atoms with van der Waals surface area (Å²) in [4.78, 5) is 23.2. The Hall–Kier alpha value is -1.84. The number of hydrogen-bond donors (Lipinski definition) is 1. The van der Waals surface area contributed by atoms with E-state index in [-0.39, 0.29) is 18.5 Å². The Bertz CT molecular complexity index is 693. The van der Waals surface area contributed by atoms with Gasteiger partial charge in [-0.15, -0.1) is 0 Å². The molecule has 0 heterocycles. The zero-order valence-electron chi connectivity index (χ0n) is 28.5. The van der Waals surface area contributed by atoms with Gasteiger partial charge in [-0.2, -0.15) is 0 Å². The SMILES string of the molecule is CCCCC/C=C\C/C=C\C/C=C\CCCCCCCCC(=O)OC(CCCCCCCC)CCCCCCCC(=O)O. The van der Waals surface area contributed by atoms with Crippen LogP contribution in [0.5, 0.6) is 0 Å². The van der Waals surface area contributed by atoms with E-state index in [2.05, 4.69) is 50.3 Å². The molecule has 1 N–H and O–H groups in total. The lowest BCUT2D eigenvalue weighted by molar-refractivity contribution is -0.150. The molecule has 0 saturated carbocycles. The van der Waals surface area contributed by atoms with Gasteiger partial charge in [0.2, 0.25) is 0 Å². The van der Waals surface area contributed by atoms with E-state index in [9.17, 15) is 9.59 Å². The first kappa shape index (κ1) is 41.2. The highest BCUT2D eigenvalue weighted by Crippen LogP contribution is 2.18. The number of carbonyl (C=O) groups is 2. The number of unbranched alkanes of at least 4 members (excludes halogenated alkanes) is 18. The number of carbonyl (C=O) groups excluding carboxylic acids is 1. The van der Waals surface area contributed by atoms with Crippen molar-refractivity contribution in [2.45, 2.75) is 200 Å². The molecule has 0 aromatic carbocycles. The normalized spacial score (nSPS) is 12.6. The van der Waals surface area contributed by atoms with Gasteiger partial charge >= 0.3 is 11.9 Å². The Balaban J connectivity index is 3.90. The topological polar surface area (TPSA) is 63.6 Å². The van der Waals surface area contributed by atoms with Crippen molar-refractivity contribution in [1.29, 1.82) is 0 Å². The molecule has 1 unspecified atom stereocenters. The summed E-state index contributed by atoms with van der Waals surface area (Å²) in [5, 5.41) is 8.77. The second-order valence-electron chi connectivity index (χ2n) is 12.4. The summed E-state index contributed by atoms with van der Waals surface area (Å²) in [6.45, 7) is 4.49. The second kappa shape index (κ2) is 34.6. The van der Waals surface area contributed by atoms with Crippen LogP contribution in [0, 0.1) is 0 Å². The Morgan fingerprint density at radius 2 is 0.907 bits per heavy atom. The van der Waals surface area contributed by atoms with Gasteiger partial charge in [0.1, 0.15) is 6.10 Å². The van der Waals surface area contributed by atoms with Gasteiger partial charge < -0.3 is 9.84 Å². The van der Waals surface area contributed by atoms with Gasteiger partial charge in [-0.3, -0.25) is 9.59 Å². The lowest BCUT2D eigenvalue weighted by Gasteiger charge is -2.18. The highest BCUT2D eigenvalue weighted by molar-refractivity contribution is 5.69. The van der Waals surface area contributed by atoms with Crippen LogP contribution in [0.2, 0.25) is 0 Å². The smallest absolute Gasteiger partial charge is 0.306 e. The number of rotatable bonds is 33. The Labute approximate surface area is 267 Å². The average molecular weight is 603 g/mol. The Morgan fingerprint density at radius 1 is 0.512 bits per heavy atom. The third-order valence-electron chi connectivity index (χ3n) is 8.11. The molecule has 0 fully saturated rings. The minimum Gasteiger partial charge on any atom is -0.481 e. The second-order valence-corrected chi connectivity index (χ2v) is 12.4. The van der Waals surface area contributed by atoms with E-state index in [0.29, 0.717) is 6.42 Å². The van der Waals surface area contributed by atoms with E-state index in [1.54, 1.807) is 0 Å². The van der Waals surface area contributed by atoms with Crippen molar-refractivity contribution in [3.05, 3.63) is 36.5 Å². The van der Waals surface area contributed by atoms with E-state index >= 15 is 0 Å². The first-order valence-electron chi connectivity index (χ1n) is 18.5. The molecule has 1 atom stereocenters. The molecule has 0 aliphatic carbocycles. The van der Waals surface area contributed by atoms with Gasteiger partial charge in [-0.1, -0.05) is 140 Å². The fraction of sp³-hybridized carbons (Fsp3) is 0.795. The summed E-state index contributed by atoms with van der Waals surface area (Å²) < 4.78 is 5.94. The summed E-state index contributed by atoms with van der Waals surface area (Å²) in [5.41, 5.74) is 0. The molecule has 0 saturated heterocycles. The summed E-state index contributed by atoms with van der Waals surface area (Å²) in [5.74, 6) is -0.718. The van der Waals surface area contributed by atoms with E-state index in [1.807, 2.05) is 0 Å². The van der Waals surface area contributed by atoms with Crippen LogP contribution >= 0.6 is 0 Å². The van der Waals surface area contributed by atoms with Gasteiger partial charge in [0.05, 0.1) is 0 Å². The zero-order valence-corrected chi connectivity index (χ0v) is 28.5. The maximum absolute atomic E-state index is 12.6. The van der Waals surface area contributed by atoms with Crippen molar-refractivity contribution in [2.75, 3.05) is 0 Å². The number of carboxylic acid groups (broad SMARTS) is 1. The molecule has 0 aromatic heterocycles. The fourth-order valence-corrected chi connectivity index (χ4v) is 5.37. The molecule has 43 heavy (non-hydrogen) atoms. The van der Waals surface area contributed by atoms with Crippen molar-refractivity contribution in [3.8, 4) is 0 Å². The molecule has 0 spiro atoms. The third kappa shape index (κ3) is 34.5. The number of hydrogen-bond acceptors (Lipinski definition) is 3. The molecule has 0 amide bonds. The van der Waals surface area contributed by atoms with Crippen molar-refractivity contribution < 1.29 is 19.4 Å². The monoisotopic (exact) mass is 603 g/mol. The molecule has 250 valence electrons. The molecule has 0 aliphatic heterocycles. The number of aliphatic carboxylic acids is 1. The third-order valence-corrected chi connectivity index (χ3v) is 8.11. The number of carboxylic acids is 1. The van der Waals surface area contributed by atoms with Crippen molar-refractivity contribution in [2.24, 2.45) is 0 Å². The summed E-state index contributed by atoms with van der Waals surface area (Å²) in [7, 11) is 0. The maximum atomic E-state index is 12.6. The van der Waals surface area contributed by atoms with Crippen LogP contribution in [0.25, 0.3) is 0 Å². The van der Waals surface area contributed by atoms with Crippen molar-refractivity contribution >= 4 is 11.9 Å². The Morgan fingerprint density at radius 3 is 1.44 bits per heavy atom. The minimum absolute atomic E-state index is 0.0142. The zero-order chi connectivity index (χ0) is 31.5. The van der Waals surface area contributed by atoms with Gasteiger partial charge in [-0.25, -0.2) is 0 Å². The molecular formula is C39H70O4. The first-order valence-corrected chi connectivity index (χ1v) is 18.5. The van der Waals surface area contributed by atoms with Gasteiger partial charge in [0, 0.05) is 12.8 Å². The summed E-state index contributed by atoms with van der Waals surface area (Å²) >= 11 is 0. The number of allylic oxidation sites excluding steroid dienone is 6. The highest BCUT2D eigenvalue weighted by atomic mass is 16.5. The van der Waals surface area contributed by atoms with Crippen LogP contribution in [0.15, 0.2) is 36.5 Å². The quantitative estimate of drug-likeness (QED) is 0.0461. The molecule has 0 rings (SSSR count). The van der Waals surface area contributed by atoms with Crippen LogP contribution in [-0.2, 0) is 14.3 Å². The molecule has 0 aliphatic rings. The molecule has 4 nitrogen and oxygen atoms in total. The summed E-state index contributed by atoms with van der Waals surface area (Å²) in [6, 6.07) is 0. The number of esters is 1. The lowest BCUT2D eigenvalue weighted by atomic mass is 10.0. The largest absolute Gasteiger partial charge is 0.481 e. The highest BCUT2D eigenvalue weighted by Gasteiger charge is 2.14. The molecule has 0 aromatic rings. The predicted octanol–water partition coefficient (Wildman–Crippen LogP) is 12.6. The molecule has 0 radical (unpaired) electrons. The summed E-state index contributed by atoms with van der Waals surface area (Å²) in [6.07, 6.45) is 44.5. The van der Waals surface area contributed by atoms with E-state index in [1.165, 1.54) is 89.9 Å². The van der Waals surface area contributed by atoms with Gasteiger partial charge in [-0.05, 0) is 77.0 Å². The predicted molar refractivity (Wildman–Crippen MR) is 186 cm³/mol. The van der Waals surface area contributed by atoms with E-state index in [4.69, 9.17) is 9.84 Å². The Kier molecular flexibility index (Phi) is 33.2. The van der Waals surface area contributed by atoms with Gasteiger partial charge in [0.25, 0.3) is 0 Å². The average Bonchev–Trinajstić information content (AvgIpc) is 2.99. The minimum atomic E-state index is -0.704. The standard InChI is InChI=1S/C39H70O4/c1-3-5-7-9-11-12-13-14-15-16-17-18-19-20-21-22-23-28-32-36-39(42)43-37(33-29-25-10-8-6-4-2)34-30-26-24-27-31-35-38(40)41/h11-12,14-15,17-18,37H,3-10,13,16,19-36H2,1-2H3,(H,40,41)/b12-11-,15-14-,18-17-. The van der Waals surface area contributed by atoms with Crippen molar-refractivity contribution in [3.63, 3.8) is 0 Å². The first-order chi connectivity index (χ1) is 21.1. The maximum Gasteiger partial charge on any atom is 0.306 e. The van der Waals surface area contributed by atoms with E-state index in [0.717, 1.165) is 77.0 Å². The molecular weight excluding hydrogens is 532 g/mol. The molecule has 4 heteroatoms. The van der Waals surface area contributed by atoms with Crippen LogP contribution in [-0.4, -0.2) is 23.1 Å². The fourth-order valence-electron chi connectivity index (χ4n) is 5.37. The van der Waals surface area contributed by atoms with Crippen LogP contribution in [0.1, 0.15) is 194 Å². The lowest BCUT2D eigenvalue weighted by Crippen LogP contribution is -2.18. The number of ether oxygens (including phenoxy) is 1. The van der Waals surface area contributed by atoms with Crippen LogP contribution in [0.3, 0.4) is 0 Å². The van der Waals surface area contributed by atoms with Crippen molar-refractivity contribution in [1.82, 2.24) is 0 Å². The molecule has 0 bridgehead atoms. The van der Waals surface area contributed by atoms with Crippen LogP contribution in [0.4, 0.5) is 0 Å². The van der Waals surface area contributed by atoms with Crippen LogP contribution < -0.4 is 0 Å². The van der Waals surface area contributed by atoms with Gasteiger partial charge in [0.15, 0.2) is 0 Å².